The molecule has 1 aliphatic heterocycles. The van der Waals surface area contributed by atoms with Crippen molar-refractivity contribution < 1.29 is 23.5 Å². The Morgan fingerprint density at radius 1 is 1.12 bits per heavy atom. The molecule has 1 amide bonds. The largest absolute Gasteiger partial charge is 0.497 e. The van der Waals surface area contributed by atoms with E-state index in [1.165, 1.54) is 16.9 Å². The fourth-order valence-electron chi connectivity index (χ4n) is 3.35. The molecule has 0 aliphatic carbocycles. The van der Waals surface area contributed by atoms with Crippen LogP contribution in [0.5, 0.6) is 5.75 Å². The summed E-state index contributed by atoms with van der Waals surface area (Å²) < 4.78 is 15.9. The number of hydrogen-bond acceptors (Lipinski definition) is 6. The van der Waals surface area contributed by atoms with Gasteiger partial charge in [0.15, 0.2) is 5.11 Å². The molecule has 0 N–H and O–H groups in total. The lowest BCUT2D eigenvalue weighted by Crippen LogP contribution is -2.35. The average Bonchev–Trinajstić information content (AvgIpc) is 3.38. The van der Waals surface area contributed by atoms with Crippen molar-refractivity contribution in [2.24, 2.45) is 0 Å². The molecule has 33 heavy (non-hydrogen) atoms. The Morgan fingerprint density at radius 3 is 2.55 bits per heavy atom. The predicted molar refractivity (Wildman–Crippen MR) is 129 cm³/mol. The third-order valence-corrected chi connectivity index (χ3v) is 5.63. The van der Waals surface area contributed by atoms with E-state index in [1.54, 1.807) is 61.7 Å². The average molecular weight is 483 g/mol. The predicted octanol–water partition coefficient (Wildman–Crippen LogP) is 4.76. The highest BCUT2D eigenvalue weighted by molar-refractivity contribution is 7.80. The van der Waals surface area contributed by atoms with Crippen molar-refractivity contribution in [3.8, 4) is 17.1 Å². The first-order valence-corrected chi connectivity index (χ1v) is 10.6. The molecule has 0 spiro atoms. The maximum atomic E-state index is 13.4. The van der Waals surface area contributed by atoms with E-state index in [0.29, 0.717) is 28.0 Å². The number of methoxy groups -OCH3 is 2. The van der Waals surface area contributed by atoms with E-state index in [4.69, 9.17) is 37.7 Å². The minimum atomic E-state index is -0.535. The van der Waals surface area contributed by atoms with Crippen LogP contribution in [0.1, 0.15) is 5.76 Å². The first-order chi connectivity index (χ1) is 15.9. The van der Waals surface area contributed by atoms with Crippen LogP contribution in [0.4, 0.5) is 5.69 Å². The van der Waals surface area contributed by atoms with Gasteiger partial charge in [-0.1, -0.05) is 23.7 Å². The summed E-state index contributed by atoms with van der Waals surface area (Å²) in [5.74, 6) is 0.718. The highest BCUT2D eigenvalue weighted by Crippen LogP contribution is 2.32. The molecule has 0 bridgehead atoms. The molecule has 168 valence electrons. The van der Waals surface area contributed by atoms with Crippen LogP contribution < -0.4 is 9.64 Å². The number of amides is 1. The molecular formula is C24H19ClN2O5S. The molecule has 0 saturated carbocycles. The number of ether oxygens (including phenoxy) is 2. The van der Waals surface area contributed by atoms with Gasteiger partial charge in [0, 0.05) is 16.7 Å². The van der Waals surface area contributed by atoms with Crippen molar-refractivity contribution in [3.63, 3.8) is 0 Å². The van der Waals surface area contributed by atoms with Crippen LogP contribution >= 0.6 is 23.8 Å². The Bertz CT molecular complexity index is 1250. The van der Waals surface area contributed by atoms with Gasteiger partial charge in [0.05, 0.1) is 19.9 Å². The van der Waals surface area contributed by atoms with Gasteiger partial charge in [-0.05, 0) is 60.7 Å². The maximum Gasteiger partial charge on any atom is 0.325 e. The van der Waals surface area contributed by atoms with Gasteiger partial charge < -0.3 is 18.8 Å². The minimum Gasteiger partial charge on any atom is -0.497 e. The Labute approximate surface area is 200 Å². The summed E-state index contributed by atoms with van der Waals surface area (Å²) in [6.45, 7) is -0.221. The van der Waals surface area contributed by atoms with Crippen molar-refractivity contribution >= 4 is 52.6 Å². The van der Waals surface area contributed by atoms with Crippen molar-refractivity contribution in [3.05, 3.63) is 77.1 Å². The van der Waals surface area contributed by atoms with E-state index in [-0.39, 0.29) is 17.4 Å². The molecule has 1 aliphatic rings. The molecule has 4 rings (SSSR count). The zero-order valence-corrected chi connectivity index (χ0v) is 19.4. The van der Waals surface area contributed by atoms with Crippen molar-refractivity contribution in [2.45, 2.75) is 0 Å². The van der Waals surface area contributed by atoms with E-state index < -0.39 is 11.9 Å². The van der Waals surface area contributed by atoms with Gasteiger partial charge in [-0.2, -0.15) is 0 Å². The number of thiocarbonyl (C=S) groups is 1. The van der Waals surface area contributed by atoms with Crippen LogP contribution in [0.3, 0.4) is 0 Å². The first kappa shape index (κ1) is 22.6. The van der Waals surface area contributed by atoms with Crippen molar-refractivity contribution in [1.29, 1.82) is 0 Å². The number of halogens is 1. The van der Waals surface area contributed by atoms with E-state index in [9.17, 15) is 9.59 Å². The van der Waals surface area contributed by atoms with Crippen molar-refractivity contribution in [1.82, 2.24) is 4.90 Å². The van der Waals surface area contributed by atoms with Crippen LogP contribution in [-0.4, -0.2) is 42.7 Å². The summed E-state index contributed by atoms with van der Waals surface area (Å²) in [6.07, 6.45) is 1.55. The lowest BCUT2D eigenvalue weighted by molar-refractivity contribution is -0.140. The molecule has 1 aromatic heterocycles. The second-order valence-electron chi connectivity index (χ2n) is 7.03. The molecule has 1 saturated heterocycles. The van der Waals surface area contributed by atoms with Crippen LogP contribution in [0, 0.1) is 0 Å². The summed E-state index contributed by atoms with van der Waals surface area (Å²) in [5.41, 5.74) is 1.53. The zero-order valence-electron chi connectivity index (χ0n) is 17.8. The van der Waals surface area contributed by atoms with Gasteiger partial charge >= 0.3 is 5.97 Å². The van der Waals surface area contributed by atoms with E-state index in [2.05, 4.69) is 0 Å². The number of esters is 1. The van der Waals surface area contributed by atoms with Gasteiger partial charge in [0.1, 0.15) is 29.5 Å². The molecule has 2 aromatic carbocycles. The fraction of sp³-hybridized carbons (Fsp3) is 0.125. The molecule has 7 nitrogen and oxygen atoms in total. The van der Waals surface area contributed by atoms with Gasteiger partial charge in [0.25, 0.3) is 5.91 Å². The summed E-state index contributed by atoms with van der Waals surface area (Å²) in [5, 5.41) is 0.739. The van der Waals surface area contributed by atoms with Crippen LogP contribution in [0.15, 0.2) is 70.8 Å². The number of carbonyl (C=O) groups is 2. The fourth-order valence-corrected chi connectivity index (χ4v) is 3.89. The lowest BCUT2D eigenvalue weighted by Gasteiger charge is -2.19. The Kier molecular flexibility index (Phi) is 6.48. The standard InChI is InChI=1S/C24H19ClN2O5S/c1-30-18-8-6-17(7-9-18)27-23(29)20(26(24(27)33)14-22(28)31-2)13-19-10-11-21(32-19)15-4-3-5-16(25)12-15/h3-13H,14H2,1-2H3/b20-13-. The number of benzene rings is 2. The molecule has 3 aromatic rings. The quantitative estimate of drug-likeness (QED) is 0.285. The number of carbonyl (C=O) groups excluding carboxylic acids is 2. The normalized spacial score (nSPS) is 14.8. The minimum absolute atomic E-state index is 0.156. The van der Waals surface area contributed by atoms with Gasteiger partial charge in [-0.15, -0.1) is 0 Å². The molecule has 2 heterocycles. The molecule has 0 radical (unpaired) electrons. The highest BCUT2D eigenvalue weighted by atomic mass is 35.5. The second-order valence-corrected chi connectivity index (χ2v) is 7.83. The maximum absolute atomic E-state index is 13.4. The van der Waals surface area contributed by atoms with E-state index in [0.717, 1.165) is 5.56 Å². The number of hydrogen-bond donors (Lipinski definition) is 0. The van der Waals surface area contributed by atoms with Crippen LogP contribution in [0.25, 0.3) is 17.4 Å². The number of nitrogens with zero attached hydrogens (tertiary/aromatic N) is 2. The summed E-state index contributed by atoms with van der Waals surface area (Å²) in [7, 11) is 2.83. The van der Waals surface area contributed by atoms with E-state index >= 15 is 0 Å². The smallest absolute Gasteiger partial charge is 0.325 e. The third-order valence-electron chi connectivity index (χ3n) is 5.00. The van der Waals surface area contributed by atoms with Gasteiger partial charge in [-0.25, -0.2) is 0 Å². The molecule has 9 heteroatoms. The second kappa shape index (κ2) is 9.48. The van der Waals surface area contributed by atoms with Crippen LogP contribution in [-0.2, 0) is 14.3 Å². The topological polar surface area (TPSA) is 72.2 Å². The summed E-state index contributed by atoms with van der Waals surface area (Å²) in [4.78, 5) is 28.2. The zero-order chi connectivity index (χ0) is 23.5. The van der Waals surface area contributed by atoms with Crippen molar-refractivity contribution in [2.75, 3.05) is 25.7 Å². The number of rotatable bonds is 6. The number of furan rings is 1. The SMILES string of the molecule is COC(=O)CN1C(=S)N(c2ccc(OC)cc2)C(=O)/C1=C/c1ccc(-c2cccc(Cl)c2)o1. The number of anilines is 1. The Hall–Kier alpha value is -3.62. The summed E-state index contributed by atoms with van der Waals surface area (Å²) >= 11 is 11.6. The molecule has 0 unspecified atom stereocenters. The Balaban J connectivity index is 1.71. The monoisotopic (exact) mass is 482 g/mol. The lowest BCUT2D eigenvalue weighted by atomic mass is 10.2. The molecule has 0 atom stereocenters. The first-order valence-electron chi connectivity index (χ1n) is 9.85. The van der Waals surface area contributed by atoms with E-state index in [1.807, 2.05) is 12.1 Å². The summed E-state index contributed by atoms with van der Waals surface area (Å²) in [6, 6.07) is 17.6. The third kappa shape index (κ3) is 4.62. The Morgan fingerprint density at radius 2 is 1.88 bits per heavy atom. The molecular weight excluding hydrogens is 464 g/mol. The van der Waals surface area contributed by atoms with Gasteiger partial charge in [-0.3, -0.25) is 14.5 Å². The van der Waals surface area contributed by atoms with Crippen LogP contribution in [0.2, 0.25) is 5.02 Å². The van der Waals surface area contributed by atoms with Gasteiger partial charge in [0.2, 0.25) is 0 Å². The highest BCUT2D eigenvalue weighted by Gasteiger charge is 2.40. The molecule has 1 fully saturated rings.